The van der Waals surface area contributed by atoms with E-state index < -0.39 is 11.6 Å². The molecule has 0 aliphatic rings. The number of rotatable bonds is 0. The minimum absolute atomic E-state index is 0. The van der Waals surface area contributed by atoms with Crippen molar-refractivity contribution < 1.29 is 29.8 Å². The Morgan fingerprint density at radius 1 is 1.20 bits per heavy atom. The fraction of sp³-hybridized carbons (Fsp3) is 0. The summed E-state index contributed by atoms with van der Waals surface area (Å²) >= 11 is 0. The van der Waals surface area contributed by atoms with Crippen molar-refractivity contribution >= 4 is 0 Å². The second-order valence-electron chi connectivity index (χ2n) is 1.34. The molecule has 0 aliphatic heterocycles. The van der Waals surface area contributed by atoms with Gasteiger partial charge < -0.3 is 7.43 Å². The molecule has 0 N–H and O–H groups in total. The molecule has 10 heavy (non-hydrogen) atoms. The molecule has 0 saturated carbocycles. The Morgan fingerprint density at radius 3 is 2.10 bits per heavy atom. The molecule has 1 aromatic rings. The van der Waals surface area contributed by atoms with E-state index in [0.717, 1.165) is 12.1 Å². The van der Waals surface area contributed by atoms with Crippen LogP contribution in [0.5, 0.6) is 0 Å². The summed E-state index contributed by atoms with van der Waals surface area (Å²) in [5, 5.41) is 0. The van der Waals surface area contributed by atoms with E-state index in [-0.39, 0.29) is 28.5 Å². The van der Waals surface area contributed by atoms with Crippen LogP contribution in [-0.2, 0) is 21.1 Å². The van der Waals surface area contributed by atoms with Gasteiger partial charge in [0.2, 0.25) is 0 Å². The smallest absolute Gasteiger partial charge is 0.358 e. The average Bonchev–Trinajstić information content (AvgIpc) is 1.77. The monoisotopic (exact) mass is 312 g/mol. The van der Waals surface area contributed by atoms with Crippen LogP contribution >= 0.6 is 0 Å². The predicted molar refractivity (Wildman–Crippen MR) is 31.6 cm³/mol. The number of halogens is 2. The molecule has 0 fully saturated rings. The number of benzene rings is 1. The molecule has 0 nitrogen and oxygen atoms in total. The molecule has 0 atom stereocenters. The summed E-state index contributed by atoms with van der Waals surface area (Å²) in [6.07, 6.45) is 0. The van der Waals surface area contributed by atoms with E-state index in [0.29, 0.717) is 0 Å². The van der Waals surface area contributed by atoms with E-state index in [2.05, 4.69) is 6.07 Å². The maximum absolute atomic E-state index is 11.9. The molecule has 0 aliphatic carbocycles. The van der Waals surface area contributed by atoms with Gasteiger partial charge in [-0.05, 0) is 0 Å². The fourth-order valence-corrected chi connectivity index (χ4v) is 0.391. The van der Waals surface area contributed by atoms with Crippen molar-refractivity contribution in [2.24, 2.45) is 0 Å². The maximum atomic E-state index is 11.9. The summed E-state index contributed by atoms with van der Waals surface area (Å²) in [5.41, 5.74) is 0. The van der Waals surface area contributed by atoms with Crippen molar-refractivity contribution in [2.45, 2.75) is 0 Å². The van der Waals surface area contributed by atoms with E-state index in [1.54, 1.807) is 0 Å². The van der Waals surface area contributed by atoms with Gasteiger partial charge in [0, 0.05) is 11.6 Å². The normalized spacial score (nSPS) is 7.40. The minimum Gasteiger partial charge on any atom is -0.358 e. The van der Waals surface area contributed by atoms with E-state index in [1.807, 2.05) is 0 Å². The molecular weight excluding hydrogens is 306 g/mol. The second kappa shape index (κ2) is 5.55. The van der Waals surface area contributed by atoms with Crippen LogP contribution in [-0.4, -0.2) is 0 Å². The molecule has 1 rings (SSSR count). The van der Waals surface area contributed by atoms with Crippen LogP contribution in [0.4, 0.5) is 8.78 Å². The summed E-state index contributed by atoms with van der Waals surface area (Å²) in [6.45, 7) is 0. The topological polar surface area (TPSA) is 0 Å². The van der Waals surface area contributed by atoms with Gasteiger partial charge in [-0.15, -0.1) is 12.1 Å². The van der Waals surface area contributed by atoms with Crippen molar-refractivity contribution in [2.75, 3.05) is 0 Å². The molecule has 0 amide bonds. The standard InChI is InChI=1S/C6H3F2.CH3.W/c7-5-3-1-2-4-6(5)8;;/h1,3-4H;1H3;/q2*-1;+2. The first-order valence-electron chi connectivity index (χ1n) is 2.12. The summed E-state index contributed by atoms with van der Waals surface area (Å²) in [7, 11) is 0. The van der Waals surface area contributed by atoms with Gasteiger partial charge in [0.05, 0.1) is 0 Å². The first-order valence-corrected chi connectivity index (χ1v) is 2.12. The van der Waals surface area contributed by atoms with E-state index >= 15 is 0 Å². The quantitative estimate of drug-likeness (QED) is 0.645. The molecule has 1 aromatic carbocycles. The number of hydrogen-bond donors (Lipinski definition) is 0. The van der Waals surface area contributed by atoms with Gasteiger partial charge in [0.25, 0.3) is 0 Å². The second-order valence-corrected chi connectivity index (χ2v) is 1.34. The van der Waals surface area contributed by atoms with Gasteiger partial charge in [0.1, 0.15) is 0 Å². The zero-order valence-electron chi connectivity index (χ0n) is 5.40. The van der Waals surface area contributed by atoms with Crippen molar-refractivity contribution in [3.8, 4) is 0 Å². The minimum atomic E-state index is -0.854. The van der Waals surface area contributed by atoms with E-state index in [4.69, 9.17) is 0 Å². The Morgan fingerprint density at radius 2 is 1.80 bits per heavy atom. The first kappa shape index (κ1) is 12.4. The third-order valence-corrected chi connectivity index (χ3v) is 0.764. The molecule has 0 heterocycles. The van der Waals surface area contributed by atoms with Crippen LogP contribution in [0.1, 0.15) is 0 Å². The van der Waals surface area contributed by atoms with Gasteiger partial charge in [-0.25, -0.2) is 4.39 Å². The third-order valence-electron chi connectivity index (χ3n) is 0.764. The van der Waals surface area contributed by atoms with Gasteiger partial charge in [-0.2, -0.15) is 12.1 Å². The Balaban J connectivity index is 0. The van der Waals surface area contributed by atoms with Crippen LogP contribution in [0.3, 0.4) is 0 Å². The van der Waals surface area contributed by atoms with Gasteiger partial charge in [0.15, 0.2) is 0 Å². The van der Waals surface area contributed by atoms with Crippen LogP contribution in [0.2, 0.25) is 0 Å². The Kier molecular flexibility index (Phi) is 6.90. The predicted octanol–water partition coefficient (Wildman–Crippen LogP) is 2.21. The SMILES string of the molecule is Fc1c[c-]ccc1F.[CH3-].[W+2]. The maximum Gasteiger partial charge on any atom is 2.00 e. The van der Waals surface area contributed by atoms with Gasteiger partial charge >= 0.3 is 21.1 Å². The molecule has 0 bridgehead atoms. The van der Waals surface area contributed by atoms with Crippen LogP contribution in [0.15, 0.2) is 18.2 Å². The Labute approximate surface area is 73.5 Å². The largest absolute Gasteiger partial charge is 2.00 e. The average molecular weight is 312 g/mol. The zero-order valence-corrected chi connectivity index (χ0v) is 8.33. The van der Waals surface area contributed by atoms with Crippen molar-refractivity contribution in [3.63, 3.8) is 0 Å². The Hall–Kier alpha value is -0.232. The molecule has 0 unspecified atom stereocenters. The molecule has 0 aromatic heterocycles. The fourth-order valence-electron chi connectivity index (χ4n) is 0.391. The van der Waals surface area contributed by atoms with Crippen molar-refractivity contribution in [3.05, 3.63) is 43.3 Å². The molecule has 54 valence electrons. The molecular formula is C7H6F2W. The summed E-state index contributed by atoms with van der Waals surface area (Å²) < 4.78 is 23.8. The van der Waals surface area contributed by atoms with Gasteiger partial charge in [-0.3, -0.25) is 4.39 Å². The van der Waals surface area contributed by atoms with Crippen molar-refractivity contribution in [1.82, 2.24) is 0 Å². The molecule has 0 radical (unpaired) electrons. The first-order chi connectivity index (χ1) is 3.80. The van der Waals surface area contributed by atoms with Crippen LogP contribution < -0.4 is 0 Å². The van der Waals surface area contributed by atoms with Crippen LogP contribution in [0, 0.1) is 25.1 Å². The molecule has 0 saturated heterocycles. The summed E-state index contributed by atoms with van der Waals surface area (Å²) in [4.78, 5) is 0. The summed E-state index contributed by atoms with van der Waals surface area (Å²) in [6, 6.07) is 5.68. The Bertz CT molecular complexity index is 168. The van der Waals surface area contributed by atoms with E-state index in [1.165, 1.54) is 6.07 Å². The third kappa shape index (κ3) is 3.07. The number of hydrogen-bond acceptors (Lipinski definition) is 0. The van der Waals surface area contributed by atoms with Crippen LogP contribution in [0.25, 0.3) is 0 Å². The van der Waals surface area contributed by atoms with Gasteiger partial charge in [-0.1, -0.05) is 0 Å². The zero-order chi connectivity index (χ0) is 5.98. The molecule has 3 heteroatoms. The van der Waals surface area contributed by atoms with E-state index in [9.17, 15) is 8.78 Å². The molecule has 0 spiro atoms. The summed E-state index contributed by atoms with van der Waals surface area (Å²) in [5.74, 6) is -1.68. The van der Waals surface area contributed by atoms with Crippen molar-refractivity contribution in [1.29, 1.82) is 0 Å².